The van der Waals surface area contributed by atoms with Gasteiger partial charge in [-0.3, -0.25) is 0 Å². The van der Waals surface area contributed by atoms with Gasteiger partial charge in [-0.25, -0.2) is 9.97 Å². The van der Waals surface area contributed by atoms with E-state index in [1.165, 1.54) is 76.5 Å². The third kappa shape index (κ3) is 4.15. The Kier molecular flexibility index (Phi) is 5.23. The lowest BCUT2D eigenvalue weighted by Crippen LogP contribution is -2.42. The normalized spacial score (nSPS) is 22.0. The Hall–Kier alpha value is -2.40. The second-order valence-electron chi connectivity index (χ2n) is 8.78. The Balaban J connectivity index is 0.000000128. The van der Waals surface area contributed by atoms with E-state index in [4.69, 9.17) is 5.73 Å². The number of H-pyrrole nitrogens is 1. The van der Waals surface area contributed by atoms with Crippen molar-refractivity contribution < 1.29 is 0 Å². The van der Waals surface area contributed by atoms with Crippen LogP contribution >= 0.6 is 0 Å². The van der Waals surface area contributed by atoms with Crippen LogP contribution in [-0.2, 0) is 12.8 Å². The van der Waals surface area contributed by atoms with Gasteiger partial charge in [0.05, 0.1) is 5.39 Å². The maximum Gasteiger partial charge on any atom is 0.143 e. The fourth-order valence-electron chi connectivity index (χ4n) is 4.87. The molecule has 1 unspecified atom stereocenters. The quantitative estimate of drug-likeness (QED) is 0.679. The summed E-state index contributed by atoms with van der Waals surface area (Å²) in [6.07, 6.45) is 12.3. The van der Waals surface area contributed by atoms with E-state index in [1.54, 1.807) is 11.1 Å². The molecule has 5 nitrogen and oxygen atoms in total. The van der Waals surface area contributed by atoms with Crippen LogP contribution in [-0.4, -0.2) is 39.0 Å². The zero-order valence-corrected chi connectivity index (χ0v) is 17.1. The van der Waals surface area contributed by atoms with E-state index in [0.29, 0.717) is 11.7 Å². The van der Waals surface area contributed by atoms with Crippen molar-refractivity contribution in [1.82, 2.24) is 19.9 Å². The van der Waals surface area contributed by atoms with Crippen LogP contribution in [0, 0.1) is 0 Å². The van der Waals surface area contributed by atoms with Crippen molar-refractivity contribution in [1.29, 1.82) is 0 Å². The van der Waals surface area contributed by atoms with Crippen molar-refractivity contribution in [3.8, 4) is 0 Å². The number of aromatic amines is 1. The molecule has 29 heavy (non-hydrogen) atoms. The maximum absolute atomic E-state index is 5.72. The molecule has 3 N–H and O–H groups in total. The third-order valence-corrected chi connectivity index (χ3v) is 6.72. The van der Waals surface area contributed by atoms with Gasteiger partial charge < -0.3 is 15.6 Å². The van der Waals surface area contributed by atoms with Gasteiger partial charge in [0.2, 0.25) is 0 Å². The summed E-state index contributed by atoms with van der Waals surface area (Å²) in [4.78, 5) is 14.1. The molecule has 152 valence electrons. The minimum Gasteiger partial charge on any atom is -0.383 e. The number of aryl methyl sites for hydroxylation is 1. The first-order valence-corrected chi connectivity index (χ1v) is 11.2. The zero-order chi connectivity index (χ0) is 19.6. The molecular formula is C24H31N5. The van der Waals surface area contributed by atoms with E-state index in [0.717, 1.165) is 17.1 Å². The Bertz CT molecular complexity index is 968. The predicted molar refractivity (Wildman–Crippen MR) is 118 cm³/mol. The van der Waals surface area contributed by atoms with Crippen LogP contribution in [0.2, 0.25) is 0 Å². The largest absolute Gasteiger partial charge is 0.383 e. The summed E-state index contributed by atoms with van der Waals surface area (Å²) < 4.78 is 0. The summed E-state index contributed by atoms with van der Waals surface area (Å²) in [5.74, 6) is 1.27. The van der Waals surface area contributed by atoms with E-state index >= 15 is 0 Å². The molecule has 3 heterocycles. The van der Waals surface area contributed by atoms with Crippen LogP contribution in [0.1, 0.15) is 61.3 Å². The molecule has 0 amide bonds. The van der Waals surface area contributed by atoms with Crippen LogP contribution in [0.4, 0.5) is 5.82 Å². The standard InChI is InChI=1S/C15H21N.C9H10N4/c1-4-10-16(11-5-1)15-9-8-13-6-2-3-7-14(13)12-15;10-8-6-3-7(5-1-2-5)13-9(6)12-4-11-8/h2-3,6-7,15H,1,4-5,8-12H2;3-5H,1-2H2,(H3,10,11,12,13). The summed E-state index contributed by atoms with van der Waals surface area (Å²) in [7, 11) is 0. The molecule has 3 aromatic rings. The molecule has 2 aliphatic carbocycles. The van der Waals surface area contributed by atoms with Crippen LogP contribution in [0.5, 0.6) is 0 Å². The van der Waals surface area contributed by atoms with Crippen LogP contribution in [0.25, 0.3) is 11.0 Å². The van der Waals surface area contributed by atoms with Crippen molar-refractivity contribution in [3.63, 3.8) is 0 Å². The fourth-order valence-corrected chi connectivity index (χ4v) is 4.87. The molecule has 1 saturated carbocycles. The number of fused-ring (bicyclic) bond motifs is 2. The summed E-state index contributed by atoms with van der Waals surface area (Å²) in [5, 5.41) is 0.949. The molecule has 1 aromatic carbocycles. The van der Waals surface area contributed by atoms with E-state index in [9.17, 15) is 0 Å². The number of nitrogens with one attached hydrogen (secondary N) is 1. The molecule has 2 aromatic heterocycles. The predicted octanol–water partition coefficient (Wildman–Crippen LogP) is 4.45. The topological polar surface area (TPSA) is 70.8 Å². The average molecular weight is 390 g/mol. The van der Waals surface area contributed by atoms with Gasteiger partial charge in [0.1, 0.15) is 17.8 Å². The first-order chi connectivity index (χ1) is 14.3. The average Bonchev–Trinajstić information content (AvgIpc) is 3.53. The number of rotatable bonds is 2. The fraction of sp³-hybridized carbons (Fsp3) is 0.500. The van der Waals surface area contributed by atoms with Gasteiger partial charge in [0.25, 0.3) is 0 Å². The van der Waals surface area contributed by atoms with Gasteiger partial charge in [0.15, 0.2) is 0 Å². The van der Waals surface area contributed by atoms with Crippen molar-refractivity contribution in [2.75, 3.05) is 18.8 Å². The number of benzene rings is 1. The number of aromatic nitrogens is 3. The monoisotopic (exact) mass is 389 g/mol. The third-order valence-electron chi connectivity index (χ3n) is 6.72. The first kappa shape index (κ1) is 18.6. The van der Waals surface area contributed by atoms with Crippen LogP contribution in [0.3, 0.4) is 0 Å². The number of likely N-dealkylation sites (tertiary alicyclic amines) is 1. The summed E-state index contributed by atoms with van der Waals surface area (Å²) >= 11 is 0. The molecule has 0 spiro atoms. The van der Waals surface area contributed by atoms with Crippen molar-refractivity contribution in [3.05, 3.63) is 53.5 Å². The van der Waals surface area contributed by atoms with Crippen molar-refractivity contribution in [2.24, 2.45) is 0 Å². The zero-order valence-electron chi connectivity index (χ0n) is 17.1. The Morgan fingerprint density at radius 2 is 1.76 bits per heavy atom. The molecule has 1 aliphatic heterocycles. The van der Waals surface area contributed by atoms with Gasteiger partial charge >= 0.3 is 0 Å². The Morgan fingerprint density at radius 3 is 2.52 bits per heavy atom. The number of hydrogen-bond acceptors (Lipinski definition) is 4. The summed E-state index contributed by atoms with van der Waals surface area (Å²) in [6, 6.07) is 11.9. The van der Waals surface area contributed by atoms with Gasteiger partial charge in [-0.15, -0.1) is 0 Å². The molecule has 0 radical (unpaired) electrons. The van der Waals surface area contributed by atoms with Gasteiger partial charge in [-0.05, 0) is 81.1 Å². The number of nitrogen functional groups attached to an aromatic ring is 1. The van der Waals surface area contributed by atoms with Gasteiger partial charge in [0, 0.05) is 11.7 Å². The SMILES string of the molecule is Nc1ncnc2[nH]c(C3CC3)cc12.c1ccc2c(c1)CCC(N1CCCCC1)C2. The number of piperidine rings is 1. The van der Waals surface area contributed by atoms with Crippen molar-refractivity contribution >= 4 is 16.9 Å². The Morgan fingerprint density at radius 1 is 0.966 bits per heavy atom. The minimum atomic E-state index is 0.563. The lowest BCUT2D eigenvalue weighted by Gasteiger charge is -2.37. The number of nitrogens with two attached hydrogens (primary N) is 1. The second-order valence-corrected chi connectivity index (χ2v) is 8.78. The van der Waals surface area contributed by atoms with Gasteiger partial charge in [-0.2, -0.15) is 0 Å². The summed E-state index contributed by atoms with van der Waals surface area (Å²) in [6.45, 7) is 2.68. The lowest BCUT2D eigenvalue weighted by molar-refractivity contribution is 0.150. The van der Waals surface area contributed by atoms with Crippen molar-refractivity contribution in [2.45, 2.75) is 63.3 Å². The van der Waals surface area contributed by atoms with E-state index < -0.39 is 0 Å². The minimum absolute atomic E-state index is 0.563. The summed E-state index contributed by atoms with van der Waals surface area (Å²) in [5.41, 5.74) is 11.0. The highest BCUT2D eigenvalue weighted by atomic mass is 15.2. The first-order valence-electron chi connectivity index (χ1n) is 11.2. The molecule has 2 fully saturated rings. The molecule has 6 rings (SSSR count). The lowest BCUT2D eigenvalue weighted by atomic mass is 9.87. The molecule has 3 aliphatic rings. The van der Waals surface area contributed by atoms with E-state index in [1.807, 2.05) is 0 Å². The van der Waals surface area contributed by atoms with Crippen LogP contribution < -0.4 is 5.73 Å². The van der Waals surface area contributed by atoms with E-state index in [-0.39, 0.29) is 0 Å². The highest BCUT2D eigenvalue weighted by molar-refractivity contribution is 5.86. The number of hydrogen-bond donors (Lipinski definition) is 2. The molecule has 0 bridgehead atoms. The maximum atomic E-state index is 5.72. The number of nitrogens with zero attached hydrogens (tertiary/aromatic N) is 3. The molecule has 1 saturated heterocycles. The van der Waals surface area contributed by atoms with Gasteiger partial charge in [-0.1, -0.05) is 30.7 Å². The molecule has 1 atom stereocenters. The number of anilines is 1. The van der Waals surface area contributed by atoms with Crippen LogP contribution in [0.15, 0.2) is 36.7 Å². The van der Waals surface area contributed by atoms with E-state index in [2.05, 4.69) is 50.2 Å². The highest BCUT2D eigenvalue weighted by Gasteiger charge is 2.26. The second kappa shape index (κ2) is 8.15. The molecule has 5 heteroatoms. The Labute approximate surface area is 172 Å². The molecular weight excluding hydrogens is 358 g/mol. The highest BCUT2D eigenvalue weighted by Crippen LogP contribution is 2.40. The smallest absolute Gasteiger partial charge is 0.143 e.